The van der Waals surface area contributed by atoms with Crippen LogP contribution < -0.4 is 10.1 Å². The topological polar surface area (TPSA) is 77.8 Å². The quantitative estimate of drug-likeness (QED) is 0.752. The molecule has 1 amide bonds. The molecule has 1 heterocycles. The molecule has 6 heteroatoms. The van der Waals surface area contributed by atoms with E-state index in [0.29, 0.717) is 24.5 Å². The van der Waals surface area contributed by atoms with Gasteiger partial charge in [-0.05, 0) is 50.2 Å². The summed E-state index contributed by atoms with van der Waals surface area (Å²) in [6.07, 6.45) is 1.28. The fraction of sp³-hybridized carbons (Fsp3) is 0.333. The van der Waals surface area contributed by atoms with Crippen LogP contribution in [0.5, 0.6) is 5.75 Å². The Labute approximate surface area is 140 Å². The van der Waals surface area contributed by atoms with Gasteiger partial charge in [-0.15, -0.1) is 0 Å². The largest absolute Gasteiger partial charge is 0.494 e. The first-order valence-electron chi connectivity index (χ1n) is 7.84. The number of carbonyl (C=O) groups is 2. The van der Waals surface area contributed by atoms with Crippen molar-refractivity contribution in [3.63, 3.8) is 0 Å². The molecule has 6 nitrogen and oxygen atoms in total. The summed E-state index contributed by atoms with van der Waals surface area (Å²) in [7, 11) is 0. The molecule has 0 radical (unpaired) electrons. The number of anilines is 1. The van der Waals surface area contributed by atoms with Crippen molar-refractivity contribution in [1.29, 1.82) is 0 Å². The molecule has 1 aromatic carbocycles. The Bertz CT molecular complexity index is 649. The van der Waals surface area contributed by atoms with Gasteiger partial charge in [-0.2, -0.15) is 0 Å². The molecule has 2 rings (SSSR count). The summed E-state index contributed by atoms with van der Waals surface area (Å²) < 4.78 is 15.6. The number of rotatable bonds is 8. The highest BCUT2D eigenvalue weighted by atomic mass is 16.5. The van der Waals surface area contributed by atoms with Gasteiger partial charge in [0.05, 0.1) is 19.3 Å². The smallest absolute Gasteiger partial charge is 0.307 e. The zero-order chi connectivity index (χ0) is 17.4. The van der Waals surface area contributed by atoms with Crippen LogP contribution in [0.25, 0.3) is 0 Å². The number of hydrogen-bond donors (Lipinski definition) is 1. The molecule has 0 unspecified atom stereocenters. The van der Waals surface area contributed by atoms with Gasteiger partial charge >= 0.3 is 5.97 Å². The summed E-state index contributed by atoms with van der Waals surface area (Å²) in [6.45, 7) is 4.02. The van der Waals surface area contributed by atoms with Crippen molar-refractivity contribution < 1.29 is 23.5 Å². The Morgan fingerprint density at radius 1 is 1.21 bits per heavy atom. The lowest BCUT2D eigenvalue weighted by molar-refractivity contribution is -0.153. The third-order valence-electron chi connectivity index (χ3n) is 3.27. The van der Waals surface area contributed by atoms with Crippen LogP contribution in [-0.2, 0) is 20.7 Å². The first kappa shape index (κ1) is 17.6. The van der Waals surface area contributed by atoms with E-state index in [9.17, 15) is 9.59 Å². The summed E-state index contributed by atoms with van der Waals surface area (Å²) >= 11 is 0. The molecule has 0 bridgehead atoms. The monoisotopic (exact) mass is 331 g/mol. The zero-order valence-corrected chi connectivity index (χ0v) is 13.8. The number of amides is 1. The van der Waals surface area contributed by atoms with Crippen molar-refractivity contribution in [3.8, 4) is 5.75 Å². The first-order chi connectivity index (χ1) is 11.6. The number of carbonyl (C=O) groups excluding carboxylic acids is 2. The molecule has 0 fully saturated rings. The number of nitrogens with one attached hydrogen (secondary N) is 1. The summed E-state index contributed by atoms with van der Waals surface area (Å²) in [5.74, 6) is 0.609. The van der Waals surface area contributed by atoms with Gasteiger partial charge in [-0.3, -0.25) is 9.59 Å². The van der Waals surface area contributed by atoms with Crippen molar-refractivity contribution in [2.24, 2.45) is 0 Å². The minimum atomic E-state index is -0.874. The Morgan fingerprint density at radius 3 is 2.58 bits per heavy atom. The number of aryl methyl sites for hydroxylation is 1. The van der Waals surface area contributed by atoms with E-state index in [-0.39, 0.29) is 12.3 Å². The van der Waals surface area contributed by atoms with Gasteiger partial charge in [-0.1, -0.05) is 0 Å². The van der Waals surface area contributed by atoms with Gasteiger partial charge in [0.25, 0.3) is 5.91 Å². The van der Waals surface area contributed by atoms with Crippen LogP contribution >= 0.6 is 0 Å². The summed E-state index contributed by atoms with van der Waals surface area (Å²) in [4.78, 5) is 23.8. The molecule has 1 atom stereocenters. The van der Waals surface area contributed by atoms with Crippen LogP contribution in [0, 0.1) is 0 Å². The summed E-state index contributed by atoms with van der Waals surface area (Å²) in [5.41, 5.74) is 0.613. The number of ether oxygens (including phenoxy) is 2. The van der Waals surface area contributed by atoms with Crippen molar-refractivity contribution in [2.75, 3.05) is 11.9 Å². The maximum absolute atomic E-state index is 12.1. The van der Waals surface area contributed by atoms with Gasteiger partial charge in [0, 0.05) is 12.1 Å². The molecular formula is C18H21NO5. The van der Waals surface area contributed by atoms with Gasteiger partial charge < -0.3 is 19.2 Å². The van der Waals surface area contributed by atoms with Gasteiger partial charge in [0.15, 0.2) is 6.10 Å². The second-order valence-electron chi connectivity index (χ2n) is 5.16. The summed E-state index contributed by atoms with van der Waals surface area (Å²) in [6, 6.07) is 10.5. The molecule has 0 aliphatic rings. The molecule has 0 saturated carbocycles. The average Bonchev–Trinajstić information content (AvgIpc) is 3.08. The van der Waals surface area contributed by atoms with Crippen LogP contribution in [0.3, 0.4) is 0 Å². The van der Waals surface area contributed by atoms with E-state index in [1.54, 1.807) is 42.7 Å². The van der Waals surface area contributed by atoms with E-state index in [2.05, 4.69) is 5.32 Å². The lowest BCUT2D eigenvalue weighted by atomic mass is 10.2. The van der Waals surface area contributed by atoms with Gasteiger partial charge in [0.1, 0.15) is 11.5 Å². The minimum Gasteiger partial charge on any atom is -0.494 e. The molecule has 0 spiro atoms. The first-order valence-corrected chi connectivity index (χ1v) is 7.84. The number of benzene rings is 1. The van der Waals surface area contributed by atoms with E-state index in [1.807, 2.05) is 6.92 Å². The van der Waals surface area contributed by atoms with E-state index >= 15 is 0 Å². The van der Waals surface area contributed by atoms with E-state index in [1.165, 1.54) is 6.92 Å². The second-order valence-corrected chi connectivity index (χ2v) is 5.16. The average molecular weight is 331 g/mol. The Morgan fingerprint density at radius 2 is 1.96 bits per heavy atom. The van der Waals surface area contributed by atoms with Crippen molar-refractivity contribution >= 4 is 17.6 Å². The molecule has 1 N–H and O–H groups in total. The Balaban J connectivity index is 1.77. The number of esters is 1. The van der Waals surface area contributed by atoms with Gasteiger partial charge in [0.2, 0.25) is 0 Å². The lowest BCUT2D eigenvalue weighted by Crippen LogP contribution is -2.30. The normalized spacial score (nSPS) is 11.6. The van der Waals surface area contributed by atoms with Crippen LogP contribution in [0.15, 0.2) is 47.1 Å². The molecule has 0 aliphatic carbocycles. The van der Waals surface area contributed by atoms with Gasteiger partial charge in [-0.25, -0.2) is 0 Å². The van der Waals surface area contributed by atoms with E-state index < -0.39 is 12.1 Å². The maximum atomic E-state index is 12.1. The zero-order valence-electron chi connectivity index (χ0n) is 13.8. The van der Waals surface area contributed by atoms with E-state index in [4.69, 9.17) is 13.9 Å². The third kappa shape index (κ3) is 5.46. The molecular weight excluding hydrogens is 310 g/mol. The SMILES string of the molecule is CCOc1ccc(NC(=O)[C@H](C)OC(=O)CCc2ccco2)cc1. The number of hydrogen-bond acceptors (Lipinski definition) is 5. The fourth-order valence-corrected chi connectivity index (χ4v) is 2.03. The van der Waals surface area contributed by atoms with Crippen molar-refractivity contribution in [3.05, 3.63) is 48.4 Å². The Kier molecular flexibility index (Phi) is 6.42. The minimum absolute atomic E-state index is 0.161. The van der Waals surface area contributed by atoms with Crippen molar-refractivity contribution in [1.82, 2.24) is 0 Å². The predicted molar refractivity (Wildman–Crippen MR) is 88.8 cm³/mol. The molecule has 2 aromatic rings. The molecule has 24 heavy (non-hydrogen) atoms. The van der Waals surface area contributed by atoms with Crippen LogP contribution in [0.1, 0.15) is 26.0 Å². The Hall–Kier alpha value is -2.76. The molecule has 0 saturated heterocycles. The van der Waals surface area contributed by atoms with Crippen LogP contribution in [0.2, 0.25) is 0 Å². The number of furan rings is 1. The molecule has 1 aromatic heterocycles. The standard InChI is InChI=1S/C18H21NO5/c1-3-22-16-8-6-14(7-9-16)19-18(21)13(2)24-17(20)11-10-15-5-4-12-23-15/h4-9,12-13H,3,10-11H2,1-2H3,(H,19,21)/t13-/m0/s1. The fourth-order valence-electron chi connectivity index (χ4n) is 2.03. The highest BCUT2D eigenvalue weighted by molar-refractivity contribution is 5.95. The van der Waals surface area contributed by atoms with E-state index in [0.717, 1.165) is 5.75 Å². The van der Waals surface area contributed by atoms with Crippen molar-refractivity contribution in [2.45, 2.75) is 32.8 Å². The molecule has 0 aliphatic heterocycles. The lowest BCUT2D eigenvalue weighted by Gasteiger charge is -2.13. The predicted octanol–water partition coefficient (Wildman–Crippen LogP) is 3.18. The molecule has 128 valence electrons. The maximum Gasteiger partial charge on any atom is 0.307 e. The third-order valence-corrected chi connectivity index (χ3v) is 3.27. The summed E-state index contributed by atoms with van der Waals surface area (Å²) in [5, 5.41) is 2.70. The van der Waals surface area contributed by atoms with Crippen LogP contribution in [0.4, 0.5) is 5.69 Å². The second kappa shape index (κ2) is 8.76. The van der Waals surface area contributed by atoms with Crippen LogP contribution in [-0.4, -0.2) is 24.6 Å². The highest BCUT2D eigenvalue weighted by Crippen LogP contribution is 2.16. The highest BCUT2D eigenvalue weighted by Gasteiger charge is 2.18.